The predicted octanol–water partition coefficient (Wildman–Crippen LogP) is 5.66. The molecule has 2 N–H and O–H groups in total. The lowest BCUT2D eigenvalue weighted by Gasteiger charge is -2.10. The van der Waals surface area contributed by atoms with E-state index in [2.05, 4.69) is 10.6 Å². The second-order valence-electron chi connectivity index (χ2n) is 6.63. The van der Waals surface area contributed by atoms with Gasteiger partial charge in [0, 0.05) is 16.1 Å². The van der Waals surface area contributed by atoms with Crippen molar-refractivity contribution in [2.24, 2.45) is 0 Å². The molecular formula is C23H24N2O3S. The van der Waals surface area contributed by atoms with E-state index in [0.29, 0.717) is 28.4 Å². The summed E-state index contributed by atoms with van der Waals surface area (Å²) in [4.78, 5) is 26.5. The Morgan fingerprint density at radius 3 is 2.28 bits per heavy atom. The number of rotatable bonds is 7. The molecule has 6 heteroatoms. The second-order valence-corrected chi connectivity index (χ2v) is 7.86. The maximum Gasteiger partial charge on any atom is 0.258 e. The number of hydrogen-bond acceptors (Lipinski definition) is 4. The number of ether oxygens (including phenoxy) is 1. The number of amides is 2. The molecule has 3 aromatic rings. The van der Waals surface area contributed by atoms with Crippen molar-refractivity contribution in [3.8, 4) is 5.75 Å². The molecule has 1 heterocycles. The van der Waals surface area contributed by atoms with Gasteiger partial charge in [-0.15, -0.1) is 11.3 Å². The third-order valence-electron chi connectivity index (χ3n) is 4.46. The van der Waals surface area contributed by atoms with Crippen molar-refractivity contribution in [3.63, 3.8) is 0 Å². The van der Waals surface area contributed by atoms with Crippen molar-refractivity contribution in [2.45, 2.75) is 27.2 Å². The first-order valence-corrected chi connectivity index (χ1v) is 10.3. The van der Waals surface area contributed by atoms with Gasteiger partial charge in [0.1, 0.15) is 10.8 Å². The average Bonchev–Trinajstić information content (AvgIpc) is 3.01. The third-order valence-corrected chi connectivity index (χ3v) is 5.58. The SMILES string of the molecule is CCCOc1ccc(NC(=O)c2c(NC(=O)c3ccccc3)sc(C)c2C)cc1. The first kappa shape index (κ1) is 20.6. The Kier molecular flexibility index (Phi) is 6.67. The number of thiophene rings is 1. The summed E-state index contributed by atoms with van der Waals surface area (Å²) in [5.74, 6) is 0.277. The minimum Gasteiger partial charge on any atom is -0.494 e. The Morgan fingerprint density at radius 2 is 1.62 bits per heavy atom. The number of hydrogen-bond donors (Lipinski definition) is 2. The molecule has 0 spiro atoms. The minimum atomic E-state index is -0.252. The number of aryl methyl sites for hydroxylation is 1. The van der Waals surface area contributed by atoms with Gasteiger partial charge in [0.05, 0.1) is 12.2 Å². The van der Waals surface area contributed by atoms with E-state index in [9.17, 15) is 9.59 Å². The van der Waals surface area contributed by atoms with Crippen molar-refractivity contribution in [3.05, 3.63) is 76.2 Å². The maximum absolute atomic E-state index is 13.0. The fourth-order valence-corrected chi connectivity index (χ4v) is 3.85. The quantitative estimate of drug-likeness (QED) is 0.530. The Hall–Kier alpha value is -3.12. The molecule has 0 atom stereocenters. The number of carbonyl (C=O) groups excluding carboxylic acids is 2. The van der Waals surface area contributed by atoms with E-state index >= 15 is 0 Å². The van der Waals surface area contributed by atoms with Crippen molar-refractivity contribution in [1.82, 2.24) is 0 Å². The molecule has 3 rings (SSSR count). The Balaban J connectivity index is 1.77. The summed E-state index contributed by atoms with van der Waals surface area (Å²) in [6, 6.07) is 16.2. The summed E-state index contributed by atoms with van der Waals surface area (Å²) in [7, 11) is 0. The van der Waals surface area contributed by atoms with Gasteiger partial charge in [-0.3, -0.25) is 9.59 Å². The zero-order valence-electron chi connectivity index (χ0n) is 16.7. The molecule has 0 saturated carbocycles. The molecule has 0 aliphatic heterocycles. The molecule has 0 fully saturated rings. The molecule has 0 aliphatic rings. The van der Waals surface area contributed by atoms with Gasteiger partial charge in [-0.25, -0.2) is 0 Å². The fourth-order valence-electron chi connectivity index (χ4n) is 2.80. The number of carbonyl (C=O) groups is 2. The lowest BCUT2D eigenvalue weighted by Crippen LogP contribution is -2.17. The van der Waals surface area contributed by atoms with E-state index in [1.165, 1.54) is 11.3 Å². The zero-order chi connectivity index (χ0) is 20.8. The van der Waals surface area contributed by atoms with Gasteiger partial charge in [-0.1, -0.05) is 25.1 Å². The van der Waals surface area contributed by atoms with Crippen LogP contribution < -0.4 is 15.4 Å². The molecule has 0 radical (unpaired) electrons. The second kappa shape index (κ2) is 9.39. The summed E-state index contributed by atoms with van der Waals surface area (Å²) in [6.07, 6.45) is 0.937. The summed E-state index contributed by atoms with van der Waals surface area (Å²) >= 11 is 1.40. The molecule has 0 saturated heterocycles. The van der Waals surface area contributed by atoms with Gasteiger partial charge in [0.15, 0.2) is 0 Å². The number of nitrogens with one attached hydrogen (secondary N) is 2. The summed E-state index contributed by atoms with van der Waals surface area (Å²) in [6.45, 7) is 6.53. The highest BCUT2D eigenvalue weighted by molar-refractivity contribution is 7.16. The molecule has 0 bridgehead atoms. The van der Waals surface area contributed by atoms with Gasteiger partial charge in [-0.05, 0) is 62.2 Å². The molecule has 2 amide bonds. The van der Waals surface area contributed by atoms with E-state index in [0.717, 1.165) is 22.6 Å². The van der Waals surface area contributed by atoms with Crippen LogP contribution in [0.4, 0.5) is 10.7 Å². The van der Waals surface area contributed by atoms with E-state index in [4.69, 9.17) is 4.74 Å². The highest BCUT2D eigenvalue weighted by Crippen LogP contribution is 2.33. The zero-order valence-corrected chi connectivity index (χ0v) is 17.6. The lowest BCUT2D eigenvalue weighted by atomic mass is 10.1. The van der Waals surface area contributed by atoms with E-state index in [1.807, 2.05) is 39.0 Å². The average molecular weight is 409 g/mol. The first-order valence-electron chi connectivity index (χ1n) is 9.50. The van der Waals surface area contributed by atoms with Crippen LogP contribution in [0.2, 0.25) is 0 Å². The lowest BCUT2D eigenvalue weighted by molar-refractivity contribution is 0.102. The Labute approximate surface area is 174 Å². The van der Waals surface area contributed by atoms with Gasteiger partial charge >= 0.3 is 0 Å². The number of benzene rings is 2. The van der Waals surface area contributed by atoms with Crippen LogP contribution in [0.1, 0.15) is 44.5 Å². The number of anilines is 2. The minimum absolute atomic E-state index is 0.238. The highest BCUT2D eigenvalue weighted by atomic mass is 32.1. The monoisotopic (exact) mass is 408 g/mol. The van der Waals surface area contributed by atoms with Crippen LogP contribution >= 0.6 is 11.3 Å². The smallest absolute Gasteiger partial charge is 0.258 e. The van der Waals surface area contributed by atoms with Crippen LogP contribution in [0, 0.1) is 13.8 Å². The van der Waals surface area contributed by atoms with Gasteiger partial charge in [-0.2, -0.15) is 0 Å². The van der Waals surface area contributed by atoms with Crippen molar-refractivity contribution in [1.29, 1.82) is 0 Å². The van der Waals surface area contributed by atoms with Gasteiger partial charge in [0.2, 0.25) is 0 Å². The molecule has 5 nitrogen and oxygen atoms in total. The molecule has 0 unspecified atom stereocenters. The largest absolute Gasteiger partial charge is 0.494 e. The first-order chi connectivity index (χ1) is 14.0. The predicted molar refractivity (Wildman–Crippen MR) is 118 cm³/mol. The topological polar surface area (TPSA) is 67.4 Å². The summed E-state index contributed by atoms with van der Waals surface area (Å²) < 4.78 is 5.57. The van der Waals surface area contributed by atoms with Crippen LogP contribution in [0.25, 0.3) is 0 Å². The van der Waals surface area contributed by atoms with Crippen LogP contribution in [0.15, 0.2) is 54.6 Å². The van der Waals surface area contributed by atoms with Crippen molar-refractivity contribution >= 4 is 33.8 Å². The molecular weight excluding hydrogens is 384 g/mol. The van der Waals surface area contributed by atoms with Crippen LogP contribution in [0.3, 0.4) is 0 Å². The van der Waals surface area contributed by atoms with Gasteiger partial charge in [0.25, 0.3) is 11.8 Å². The van der Waals surface area contributed by atoms with E-state index in [1.54, 1.807) is 36.4 Å². The highest BCUT2D eigenvalue weighted by Gasteiger charge is 2.21. The standard InChI is InChI=1S/C23H24N2O3S/c1-4-14-28-19-12-10-18(11-13-19)24-22(27)20-15(2)16(3)29-23(20)25-21(26)17-8-6-5-7-9-17/h5-13H,4,14H2,1-3H3,(H,24,27)(H,25,26). The molecule has 0 aliphatic carbocycles. The van der Waals surface area contributed by atoms with Crippen LogP contribution in [0.5, 0.6) is 5.75 Å². The third kappa shape index (κ3) is 5.03. The normalized spacial score (nSPS) is 10.4. The van der Waals surface area contributed by atoms with Crippen molar-refractivity contribution in [2.75, 3.05) is 17.2 Å². The van der Waals surface area contributed by atoms with E-state index < -0.39 is 0 Å². The molecule has 1 aromatic heterocycles. The van der Waals surface area contributed by atoms with Crippen LogP contribution in [-0.2, 0) is 0 Å². The summed E-state index contributed by atoms with van der Waals surface area (Å²) in [5, 5.41) is 6.35. The van der Waals surface area contributed by atoms with Gasteiger partial charge < -0.3 is 15.4 Å². The molecule has 29 heavy (non-hydrogen) atoms. The summed E-state index contributed by atoms with van der Waals surface area (Å²) in [5.41, 5.74) is 2.56. The molecule has 2 aromatic carbocycles. The Bertz CT molecular complexity index is 995. The molecule has 150 valence electrons. The van der Waals surface area contributed by atoms with Crippen molar-refractivity contribution < 1.29 is 14.3 Å². The van der Waals surface area contributed by atoms with E-state index in [-0.39, 0.29) is 11.8 Å². The van der Waals surface area contributed by atoms with Crippen LogP contribution in [-0.4, -0.2) is 18.4 Å². The fraction of sp³-hybridized carbons (Fsp3) is 0.217. The Morgan fingerprint density at radius 1 is 0.931 bits per heavy atom. The maximum atomic E-state index is 13.0.